The number of benzene rings is 2. The summed E-state index contributed by atoms with van der Waals surface area (Å²) >= 11 is 0. The summed E-state index contributed by atoms with van der Waals surface area (Å²) in [6, 6.07) is 15.0. The molecule has 1 saturated heterocycles. The van der Waals surface area contributed by atoms with Crippen LogP contribution in [0.15, 0.2) is 59.5 Å². The molecule has 0 unspecified atom stereocenters. The first-order valence-corrected chi connectivity index (χ1v) is 13.1. The molecule has 0 saturated carbocycles. The number of para-hydroxylation sites is 1. The molecule has 8 nitrogen and oxygen atoms in total. The molecule has 184 valence electrons. The Bertz CT molecular complexity index is 1090. The van der Waals surface area contributed by atoms with Crippen molar-refractivity contribution in [3.8, 4) is 0 Å². The number of nitrogens with zero attached hydrogens (tertiary/aromatic N) is 4. The van der Waals surface area contributed by atoms with Crippen LogP contribution in [0.3, 0.4) is 0 Å². The van der Waals surface area contributed by atoms with Crippen LogP contribution in [0.4, 0.5) is 5.69 Å². The number of carbonyl (C=O) groups is 2. The topological polar surface area (TPSA) is 81.2 Å². The number of carbonyl (C=O) groups excluding carboxylic acids is 2. The van der Waals surface area contributed by atoms with Gasteiger partial charge in [-0.15, -0.1) is 0 Å². The van der Waals surface area contributed by atoms with Crippen molar-refractivity contribution in [2.75, 3.05) is 57.2 Å². The van der Waals surface area contributed by atoms with Crippen LogP contribution in [0.25, 0.3) is 0 Å². The van der Waals surface area contributed by atoms with Gasteiger partial charge in [0.1, 0.15) is 0 Å². The van der Waals surface area contributed by atoms with Gasteiger partial charge >= 0.3 is 0 Å². The van der Waals surface area contributed by atoms with Gasteiger partial charge < -0.3 is 9.80 Å². The minimum Gasteiger partial charge on any atom is -0.342 e. The van der Waals surface area contributed by atoms with Crippen molar-refractivity contribution in [2.24, 2.45) is 0 Å². The lowest BCUT2D eigenvalue weighted by Crippen LogP contribution is -2.42. The van der Waals surface area contributed by atoms with E-state index in [1.54, 1.807) is 41.3 Å². The molecule has 0 aliphatic carbocycles. The highest BCUT2D eigenvalue weighted by atomic mass is 32.2. The highest BCUT2D eigenvalue weighted by Gasteiger charge is 2.25. The Hall–Kier alpha value is -2.91. The maximum absolute atomic E-state index is 13.2. The van der Waals surface area contributed by atoms with E-state index in [1.165, 1.54) is 23.5 Å². The largest absolute Gasteiger partial charge is 0.342 e. The van der Waals surface area contributed by atoms with E-state index in [2.05, 4.69) is 4.90 Å². The molecule has 9 heteroatoms. The van der Waals surface area contributed by atoms with Gasteiger partial charge in [-0.25, -0.2) is 8.42 Å². The van der Waals surface area contributed by atoms with Gasteiger partial charge in [0.15, 0.2) is 0 Å². The summed E-state index contributed by atoms with van der Waals surface area (Å²) < 4.78 is 27.5. The Morgan fingerprint density at radius 1 is 0.912 bits per heavy atom. The molecule has 2 aromatic carbocycles. The number of hydrogen-bond donors (Lipinski definition) is 0. The Labute approximate surface area is 202 Å². The van der Waals surface area contributed by atoms with Gasteiger partial charge in [0.2, 0.25) is 5.91 Å². The molecule has 1 aliphatic heterocycles. The van der Waals surface area contributed by atoms with Crippen molar-refractivity contribution >= 4 is 27.5 Å². The number of sulfonamides is 1. The van der Waals surface area contributed by atoms with Crippen LogP contribution in [0.5, 0.6) is 0 Å². The fourth-order valence-corrected chi connectivity index (χ4v) is 5.35. The Kier molecular flexibility index (Phi) is 8.68. The number of rotatable bonds is 8. The zero-order valence-electron chi connectivity index (χ0n) is 20.2. The molecule has 2 amide bonds. The Morgan fingerprint density at radius 3 is 2.29 bits per heavy atom. The monoisotopic (exact) mass is 486 g/mol. The van der Waals surface area contributed by atoms with E-state index in [0.717, 1.165) is 13.0 Å². The summed E-state index contributed by atoms with van der Waals surface area (Å²) in [6.07, 6.45) is 0.756. The molecule has 34 heavy (non-hydrogen) atoms. The van der Waals surface area contributed by atoms with Crippen LogP contribution >= 0.6 is 0 Å². The summed E-state index contributed by atoms with van der Waals surface area (Å²) in [4.78, 5) is 31.4. The number of amides is 2. The summed E-state index contributed by atoms with van der Waals surface area (Å²) in [5, 5.41) is 0. The van der Waals surface area contributed by atoms with Crippen molar-refractivity contribution < 1.29 is 18.0 Å². The highest BCUT2D eigenvalue weighted by molar-refractivity contribution is 7.92. The van der Waals surface area contributed by atoms with Crippen LogP contribution in [-0.4, -0.2) is 87.8 Å². The van der Waals surface area contributed by atoms with Gasteiger partial charge in [-0.3, -0.25) is 18.8 Å². The highest BCUT2D eigenvalue weighted by Crippen LogP contribution is 2.23. The first-order valence-electron chi connectivity index (χ1n) is 11.7. The quantitative estimate of drug-likeness (QED) is 0.573. The molecule has 1 aliphatic rings. The molecular formula is C25H34N4O4S. The average molecular weight is 487 g/mol. The first-order chi connectivity index (χ1) is 16.3. The van der Waals surface area contributed by atoms with Gasteiger partial charge in [0, 0.05) is 51.9 Å². The SMILES string of the molecule is CCN(CC)C(=O)CN1CCCN(C(=O)c2cccc(S(=O)(=O)N(C)c3ccccc3)c2)CC1. The van der Waals surface area contributed by atoms with Crippen LogP contribution in [0.1, 0.15) is 30.6 Å². The first kappa shape index (κ1) is 25.7. The molecule has 0 aromatic heterocycles. The molecule has 0 atom stereocenters. The molecule has 0 bridgehead atoms. The zero-order valence-corrected chi connectivity index (χ0v) is 21.0. The molecule has 0 radical (unpaired) electrons. The zero-order chi connectivity index (χ0) is 24.7. The molecule has 0 N–H and O–H groups in total. The fraction of sp³-hybridized carbons (Fsp3) is 0.440. The predicted octanol–water partition coefficient (Wildman–Crippen LogP) is 2.53. The van der Waals surface area contributed by atoms with E-state index >= 15 is 0 Å². The van der Waals surface area contributed by atoms with Gasteiger partial charge in [-0.1, -0.05) is 24.3 Å². The van der Waals surface area contributed by atoms with E-state index < -0.39 is 10.0 Å². The van der Waals surface area contributed by atoms with Crippen LogP contribution in [-0.2, 0) is 14.8 Å². The molecule has 1 fully saturated rings. The summed E-state index contributed by atoms with van der Waals surface area (Å²) in [6.45, 7) is 8.07. The molecule has 3 rings (SSSR count). The number of likely N-dealkylation sites (N-methyl/N-ethyl adjacent to an activating group) is 1. The Morgan fingerprint density at radius 2 is 1.62 bits per heavy atom. The third kappa shape index (κ3) is 5.95. The van der Waals surface area contributed by atoms with Crippen LogP contribution in [0, 0.1) is 0 Å². The van der Waals surface area contributed by atoms with Gasteiger partial charge in [-0.05, 0) is 50.6 Å². The molecule has 1 heterocycles. The van der Waals surface area contributed by atoms with Gasteiger partial charge in [-0.2, -0.15) is 0 Å². The maximum atomic E-state index is 13.2. The normalized spacial score (nSPS) is 15.0. The minimum absolute atomic E-state index is 0.0750. The second-order valence-corrected chi connectivity index (χ2v) is 10.3. The third-order valence-corrected chi connectivity index (χ3v) is 7.99. The van der Waals surface area contributed by atoms with Crippen molar-refractivity contribution in [2.45, 2.75) is 25.2 Å². The van der Waals surface area contributed by atoms with Crippen molar-refractivity contribution in [1.82, 2.24) is 14.7 Å². The van der Waals surface area contributed by atoms with Crippen molar-refractivity contribution in [1.29, 1.82) is 0 Å². The Balaban J connectivity index is 1.70. The fourth-order valence-electron chi connectivity index (χ4n) is 4.11. The van der Waals surface area contributed by atoms with E-state index in [9.17, 15) is 18.0 Å². The van der Waals surface area contributed by atoms with Crippen molar-refractivity contribution in [3.63, 3.8) is 0 Å². The predicted molar refractivity (Wildman–Crippen MR) is 133 cm³/mol. The summed E-state index contributed by atoms with van der Waals surface area (Å²) in [7, 11) is -2.31. The maximum Gasteiger partial charge on any atom is 0.264 e. The number of anilines is 1. The third-order valence-electron chi connectivity index (χ3n) is 6.21. The average Bonchev–Trinajstić information content (AvgIpc) is 3.10. The summed E-state index contributed by atoms with van der Waals surface area (Å²) in [5.41, 5.74) is 0.890. The van der Waals surface area contributed by atoms with Gasteiger partial charge in [0.05, 0.1) is 17.1 Å². The van der Waals surface area contributed by atoms with E-state index in [1.807, 2.05) is 24.8 Å². The molecule has 0 spiro atoms. The van der Waals surface area contributed by atoms with E-state index in [4.69, 9.17) is 0 Å². The second kappa shape index (κ2) is 11.5. The standard InChI is InChI=1S/C25H34N4O4S/c1-4-28(5-2)24(30)20-27-15-10-16-29(18-17-27)25(31)21-11-9-14-23(19-21)34(32,33)26(3)22-12-7-6-8-13-22/h6-9,11-14,19H,4-5,10,15-18,20H2,1-3H3. The van der Waals surface area contributed by atoms with E-state index in [-0.39, 0.29) is 16.7 Å². The lowest BCUT2D eigenvalue weighted by molar-refractivity contribution is -0.132. The second-order valence-electron chi connectivity index (χ2n) is 8.32. The summed E-state index contributed by atoms with van der Waals surface area (Å²) in [5.74, 6) is -0.0958. The van der Waals surface area contributed by atoms with E-state index in [0.29, 0.717) is 50.5 Å². The molecular weight excluding hydrogens is 452 g/mol. The van der Waals surface area contributed by atoms with Crippen LogP contribution in [0.2, 0.25) is 0 Å². The van der Waals surface area contributed by atoms with Crippen LogP contribution < -0.4 is 4.31 Å². The lowest BCUT2D eigenvalue weighted by Gasteiger charge is -2.25. The van der Waals surface area contributed by atoms with Crippen molar-refractivity contribution in [3.05, 3.63) is 60.2 Å². The van der Waals surface area contributed by atoms with Gasteiger partial charge in [0.25, 0.3) is 15.9 Å². The lowest BCUT2D eigenvalue weighted by atomic mass is 10.2. The molecule has 2 aromatic rings. The smallest absolute Gasteiger partial charge is 0.264 e. The minimum atomic E-state index is -3.81. The number of hydrogen-bond acceptors (Lipinski definition) is 5.